The smallest absolute Gasteiger partial charge is 0.322 e. The van der Waals surface area contributed by atoms with Crippen LogP contribution >= 0.6 is 11.6 Å². The van der Waals surface area contributed by atoms with Gasteiger partial charge in [0, 0.05) is 23.6 Å². The molecule has 0 unspecified atom stereocenters. The van der Waals surface area contributed by atoms with Crippen molar-refractivity contribution >= 4 is 35.3 Å². The third-order valence-corrected chi connectivity index (χ3v) is 5.18. The normalized spacial score (nSPS) is 21.1. The number of fused-ring (bicyclic) bond motifs is 1. The molecule has 1 aromatic carbocycles. The Kier molecular flexibility index (Phi) is 4.95. The Morgan fingerprint density at radius 1 is 1.11 bits per heavy atom. The molecule has 1 saturated heterocycles. The summed E-state index contributed by atoms with van der Waals surface area (Å²) in [5.41, 5.74) is 0.668. The molecule has 1 aliphatic heterocycles. The van der Waals surface area contributed by atoms with Crippen molar-refractivity contribution in [1.29, 1.82) is 0 Å². The number of amides is 3. The third-order valence-electron chi connectivity index (χ3n) is 4.92. The number of aromatic nitrogens is 2. The van der Waals surface area contributed by atoms with E-state index in [0.29, 0.717) is 23.4 Å². The second kappa shape index (κ2) is 7.55. The molecule has 0 spiro atoms. The number of allylic oxidation sites excluding steroid dienone is 2. The summed E-state index contributed by atoms with van der Waals surface area (Å²) in [6.45, 7) is 0.0364. The molecule has 2 aliphatic rings. The van der Waals surface area contributed by atoms with E-state index in [2.05, 4.69) is 15.5 Å². The molecule has 4 rings (SSSR count). The summed E-state index contributed by atoms with van der Waals surface area (Å²) < 4.78 is 5.42. The minimum absolute atomic E-state index is 0.0364. The van der Waals surface area contributed by atoms with Crippen molar-refractivity contribution in [1.82, 2.24) is 15.1 Å². The van der Waals surface area contributed by atoms with Gasteiger partial charge in [-0.3, -0.25) is 24.6 Å². The number of hydrogen-bond acceptors (Lipinski definition) is 6. The monoisotopic (exact) mass is 400 g/mol. The van der Waals surface area contributed by atoms with Crippen LogP contribution in [0.15, 0.2) is 40.8 Å². The molecule has 28 heavy (non-hydrogen) atoms. The lowest BCUT2D eigenvalue weighted by atomic mass is 9.85. The Balaban J connectivity index is 1.33. The molecule has 2 heterocycles. The molecule has 0 saturated carbocycles. The fourth-order valence-corrected chi connectivity index (χ4v) is 3.59. The summed E-state index contributed by atoms with van der Waals surface area (Å²) in [5, 5.41) is 10.7. The third kappa shape index (κ3) is 3.55. The fraction of sp³-hybridized carbons (Fsp3) is 0.316. The van der Waals surface area contributed by atoms with E-state index in [1.807, 2.05) is 12.2 Å². The second-order valence-corrected chi connectivity index (χ2v) is 7.14. The Labute approximate surface area is 165 Å². The summed E-state index contributed by atoms with van der Waals surface area (Å²) in [5.74, 6) is -1.16. The minimum atomic E-state index is -0.417. The van der Waals surface area contributed by atoms with Gasteiger partial charge >= 0.3 is 6.01 Å². The van der Waals surface area contributed by atoms with Crippen molar-refractivity contribution in [3.63, 3.8) is 0 Å². The van der Waals surface area contributed by atoms with Crippen LogP contribution in [-0.2, 0) is 14.4 Å². The molecule has 144 valence electrons. The number of halogens is 1. The average Bonchev–Trinajstić information content (AvgIpc) is 3.25. The Morgan fingerprint density at radius 2 is 1.75 bits per heavy atom. The summed E-state index contributed by atoms with van der Waals surface area (Å²) in [6.07, 6.45) is 4.97. The van der Waals surface area contributed by atoms with Crippen LogP contribution in [0.25, 0.3) is 11.5 Å². The molecule has 0 radical (unpaired) electrons. The number of nitrogens with one attached hydrogen (secondary N) is 1. The van der Waals surface area contributed by atoms with Gasteiger partial charge in [-0.1, -0.05) is 28.9 Å². The van der Waals surface area contributed by atoms with E-state index in [9.17, 15) is 14.4 Å². The largest absolute Gasteiger partial charge is 0.403 e. The number of likely N-dealkylation sites (tertiary alicyclic amines) is 1. The first-order chi connectivity index (χ1) is 13.5. The first-order valence-corrected chi connectivity index (χ1v) is 9.30. The van der Waals surface area contributed by atoms with Crippen molar-refractivity contribution < 1.29 is 18.8 Å². The molecule has 1 aromatic heterocycles. The lowest BCUT2D eigenvalue weighted by molar-refractivity contribution is -0.140. The van der Waals surface area contributed by atoms with Crippen LogP contribution < -0.4 is 5.32 Å². The SMILES string of the molecule is O=C(CCN1C(=O)[C@H]2CC=CC[C@@H]2C1=O)Nc1nnc(-c2ccc(Cl)cc2)o1. The highest BCUT2D eigenvalue weighted by atomic mass is 35.5. The van der Waals surface area contributed by atoms with E-state index in [-0.39, 0.29) is 48.5 Å². The first kappa shape index (κ1) is 18.4. The lowest BCUT2D eigenvalue weighted by Gasteiger charge is -2.14. The molecule has 3 amide bonds. The number of benzene rings is 1. The molecule has 1 fully saturated rings. The maximum Gasteiger partial charge on any atom is 0.322 e. The van der Waals surface area contributed by atoms with Gasteiger partial charge in [-0.05, 0) is 37.1 Å². The van der Waals surface area contributed by atoms with E-state index >= 15 is 0 Å². The van der Waals surface area contributed by atoms with E-state index in [1.165, 1.54) is 4.90 Å². The van der Waals surface area contributed by atoms with Crippen LogP contribution in [0.4, 0.5) is 6.01 Å². The van der Waals surface area contributed by atoms with Gasteiger partial charge in [-0.25, -0.2) is 0 Å². The second-order valence-electron chi connectivity index (χ2n) is 6.70. The van der Waals surface area contributed by atoms with Crippen LogP contribution in [0.1, 0.15) is 19.3 Å². The van der Waals surface area contributed by atoms with Gasteiger partial charge in [0.05, 0.1) is 11.8 Å². The number of anilines is 1. The molecule has 8 nitrogen and oxygen atoms in total. The molecular formula is C19H17ClN4O4. The topological polar surface area (TPSA) is 105 Å². The van der Waals surface area contributed by atoms with Gasteiger partial charge in [0.15, 0.2) is 0 Å². The Bertz CT molecular complexity index is 927. The van der Waals surface area contributed by atoms with Crippen LogP contribution in [-0.4, -0.2) is 39.4 Å². The Hall–Kier alpha value is -3.00. The lowest BCUT2D eigenvalue weighted by Crippen LogP contribution is -2.34. The van der Waals surface area contributed by atoms with Crippen molar-refractivity contribution in [3.05, 3.63) is 41.4 Å². The van der Waals surface area contributed by atoms with Crippen LogP contribution in [0.2, 0.25) is 5.02 Å². The van der Waals surface area contributed by atoms with E-state index < -0.39 is 5.91 Å². The number of rotatable bonds is 5. The van der Waals surface area contributed by atoms with E-state index in [4.69, 9.17) is 16.0 Å². The molecule has 1 aliphatic carbocycles. The maximum absolute atomic E-state index is 12.4. The molecular weight excluding hydrogens is 384 g/mol. The van der Waals surface area contributed by atoms with Crippen LogP contribution in [0.5, 0.6) is 0 Å². The zero-order valence-electron chi connectivity index (χ0n) is 14.8. The highest BCUT2D eigenvalue weighted by molar-refractivity contribution is 6.30. The predicted molar refractivity (Wildman–Crippen MR) is 100 cm³/mol. The maximum atomic E-state index is 12.4. The predicted octanol–water partition coefficient (Wildman–Crippen LogP) is 2.67. The van der Waals surface area contributed by atoms with Crippen molar-refractivity contribution in [2.45, 2.75) is 19.3 Å². The number of carbonyl (C=O) groups excluding carboxylic acids is 3. The van der Waals surface area contributed by atoms with Crippen molar-refractivity contribution in [2.75, 3.05) is 11.9 Å². The standard InChI is InChI=1S/C19H17ClN4O4/c20-12-7-5-11(6-8-12)16-22-23-19(28-16)21-15(25)9-10-24-17(26)13-3-1-2-4-14(13)18(24)27/h1-2,5-8,13-14H,3-4,9-10H2,(H,21,23,25)/t13-,14-/m0/s1. The zero-order chi connectivity index (χ0) is 19.7. The number of imide groups is 1. The molecule has 0 bridgehead atoms. The van der Waals surface area contributed by atoms with Gasteiger partial charge in [-0.2, -0.15) is 0 Å². The number of carbonyl (C=O) groups is 3. The minimum Gasteiger partial charge on any atom is -0.403 e. The summed E-state index contributed by atoms with van der Waals surface area (Å²) >= 11 is 5.84. The highest BCUT2D eigenvalue weighted by Crippen LogP contribution is 2.35. The van der Waals surface area contributed by atoms with Gasteiger partial charge in [-0.15, -0.1) is 5.10 Å². The molecule has 2 atom stereocenters. The number of nitrogens with zero attached hydrogens (tertiary/aromatic N) is 3. The van der Waals surface area contributed by atoms with Gasteiger partial charge < -0.3 is 4.42 Å². The molecule has 2 aromatic rings. The van der Waals surface area contributed by atoms with Crippen molar-refractivity contribution in [3.8, 4) is 11.5 Å². The van der Waals surface area contributed by atoms with Crippen LogP contribution in [0, 0.1) is 11.8 Å². The molecule has 9 heteroatoms. The van der Waals surface area contributed by atoms with Gasteiger partial charge in [0.2, 0.25) is 23.6 Å². The van der Waals surface area contributed by atoms with Crippen molar-refractivity contribution in [2.24, 2.45) is 11.8 Å². The summed E-state index contributed by atoms with van der Waals surface area (Å²) in [6, 6.07) is 6.78. The van der Waals surface area contributed by atoms with E-state index in [0.717, 1.165) is 0 Å². The number of hydrogen-bond donors (Lipinski definition) is 1. The Morgan fingerprint density at radius 3 is 2.39 bits per heavy atom. The highest BCUT2D eigenvalue weighted by Gasteiger charge is 2.46. The van der Waals surface area contributed by atoms with Crippen LogP contribution in [0.3, 0.4) is 0 Å². The quantitative estimate of drug-likeness (QED) is 0.611. The first-order valence-electron chi connectivity index (χ1n) is 8.92. The summed E-state index contributed by atoms with van der Waals surface area (Å²) in [7, 11) is 0. The average molecular weight is 401 g/mol. The fourth-order valence-electron chi connectivity index (χ4n) is 3.47. The zero-order valence-corrected chi connectivity index (χ0v) is 15.6. The molecule has 1 N–H and O–H groups in total. The van der Waals surface area contributed by atoms with Gasteiger partial charge in [0.1, 0.15) is 0 Å². The van der Waals surface area contributed by atoms with E-state index in [1.54, 1.807) is 24.3 Å². The van der Waals surface area contributed by atoms with Gasteiger partial charge in [0.25, 0.3) is 0 Å². The summed E-state index contributed by atoms with van der Waals surface area (Å²) in [4.78, 5) is 38.1.